The molecule has 5 heteroatoms. The molecule has 4 aromatic carbocycles. The summed E-state index contributed by atoms with van der Waals surface area (Å²) in [6.45, 7) is 0.197. The van der Waals surface area contributed by atoms with E-state index < -0.39 is 0 Å². The third-order valence-corrected chi connectivity index (χ3v) is 5.50. The number of aromatic nitrogens is 2. The van der Waals surface area contributed by atoms with Crippen molar-refractivity contribution in [3.63, 3.8) is 0 Å². The molecule has 0 radical (unpaired) electrons. The second-order valence-electron chi connectivity index (χ2n) is 7.65. The van der Waals surface area contributed by atoms with E-state index in [1.165, 1.54) is 4.68 Å². The van der Waals surface area contributed by atoms with Crippen LogP contribution in [0, 0.1) is 0 Å². The standard InChI is InChI=1S/C27H21N3O2/c31-25(28-22-15-14-19-8-4-5-11-21(19)18-22)16-17-30-27(32)24-13-7-6-12-23(24)26(29-30)20-9-2-1-3-10-20/h1-15,18H,16-17H2,(H,28,31). The van der Waals surface area contributed by atoms with E-state index in [1.807, 2.05) is 91.0 Å². The van der Waals surface area contributed by atoms with Crippen molar-refractivity contribution in [3.05, 3.63) is 107 Å². The predicted molar refractivity (Wildman–Crippen MR) is 129 cm³/mol. The summed E-state index contributed by atoms with van der Waals surface area (Å²) >= 11 is 0. The molecule has 5 rings (SSSR count). The van der Waals surface area contributed by atoms with Crippen molar-refractivity contribution in [2.45, 2.75) is 13.0 Å². The van der Waals surface area contributed by atoms with Crippen molar-refractivity contribution in [2.24, 2.45) is 0 Å². The van der Waals surface area contributed by atoms with Gasteiger partial charge in [0.1, 0.15) is 0 Å². The van der Waals surface area contributed by atoms with E-state index in [0.29, 0.717) is 5.39 Å². The van der Waals surface area contributed by atoms with Crippen LogP contribution < -0.4 is 10.9 Å². The Hall–Kier alpha value is -4.25. The van der Waals surface area contributed by atoms with Crippen molar-refractivity contribution in [3.8, 4) is 11.3 Å². The van der Waals surface area contributed by atoms with Crippen molar-refractivity contribution < 1.29 is 4.79 Å². The van der Waals surface area contributed by atoms with E-state index >= 15 is 0 Å². The fraction of sp³-hybridized carbons (Fsp3) is 0.0741. The van der Waals surface area contributed by atoms with Gasteiger partial charge in [0, 0.05) is 23.1 Å². The Balaban J connectivity index is 1.40. The van der Waals surface area contributed by atoms with Gasteiger partial charge in [0.15, 0.2) is 0 Å². The van der Waals surface area contributed by atoms with Gasteiger partial charge in [-0.15, -0.1) is 0 Å². The van der Waals surface area contributed by atoms with E-state index in [4.69, 9.17) is 0 Å². The van der Waals surface area contributed by atoms with Gasteiger partial charge in [-0.05, 0) is 29.0 Å². The monoisotopic (exact) mass is 419 g/mol. The SMILES string of the molecule is O=C(CCn1nc(-c2ccccc2)c2ccccc2c1=O)Nc1ccc2ccccc2c1. The van der Waals surface area contributed by atoms with Crippen molar-refractivity contribution in [1.82, 2.24) is 9.78 Å². The molecule has 5 nitrogen and oxygen atoms in total. The first-order valence-corrected chi connectivity index (χ1v) is 10.5. The summed E-state index contributed by atoms with van der Waals surface area (Å²) in [5, 5.41) is 11.1. The van der Waals surface area contributed by atoms with E-state index in [2.05, 4.69) is 10.4 Å². The smallest absolute Gasteiger partial charge is 0.274 e. The van der Waals surface area contributed by atoms with Gasteiger partial charge in [0.2, 0.25) is 5.91 Å². The molecule has 0 aliphatic carbocycles. The minimum absolute atomic E-state index is 0.145. The molecular formula is C27H21N3O2. The molecule has 0 saturated carbocycles. The number of nitrogens with zero attached hydrogens (tertiary/aromatic N) is 2. The zero-order chi connectivity index (χ0) is 21.9. The van der Waals surface area contributed by atoms with Gasteiger partial charge in [-0.1, -0.05) is 78.9 Å². The molecule has 1 heterocycles. The Morgan fingerprint density at radius 1 is 0.781 bits per heavy atom. The van der Waals surface area contributed by atoms with Crippen molar-refractivity contribution in [1.29, 1.82) is 0 Å². The van der Waals surface area contributed by atoms with Gasteiger partial charge in [-0.2, -0.15) is 5.10 Å². The molecule has 1 aromatic heterocycles. The molecule has 0 fully saturated rings. The number of amides is 1. The van der Waals surface area contributed by atoms with Gasteiger partial charge in [0.25, 0.3) is 5.56 Å². The Morgan fingerprint density at radius 2 is 1.47 bits per heavy atom. The van der Waals surface area contributed by atoms with Crippen molar-refractivity contribution in [2.75, 3.05) is 5.32 Å². The lowest BCUT2D eigenvalue weighted by atomic mass is 10.1. The van der Waals surface area contributed by atoms with Crippen molar-refractivity contribution >= 4 is 33.1 Å². The largest absolute Gasteiger partial charge is 0.326 e. The molecule has 5 aromatic rings. The lowest BCUT2D eigenvalue weighted by Gasteiger charge is -2.12. The van der Waals surface area contributed by atoms with Crippen LogP contribution in [0.1, 0.15) is 6.42 Å². The highest BCUT2D eigenvalue weighted by Gasteiger charge is 2.13. The molecule has 0 aliphatic rings. The van der Waals surface area contributed by atoms with Crippen LogP contribution in [-0.2, 0) is 11.3 Å². The summed E-state index contributed by atoms with van der Waals surface area (Å²) < 4.78 is 1.39. The van der Waals surface area contributed by atoms with Gasteiger partial charge >= 0.3 is 0 Å². The molecule has 0 unspecified atom stereocenters. The lowest BCUT2D eigenvalue weighted by Crippen LogP contribution is -2.26. The number of hydrogen-bond acceptors (Lipinski definition) is 3. The summed E-state index contributed by atoms with van der Waals surface area (Å²) in [4.78, 5) is 25.6. The molecule has 32 heavy (non-hydrogen) atoms. The molecular weight excluding hydrogens is 398 g/mol. The maximum absolute atomic E-state index is 13.0. The quantitative estimate of drug-likeness (QED) is 0.423. The number of carbonyl (C=O) groups is 1. The minimum atomic E-state index is -0.196. The minimum Gasteiger partial charge on any atom is -0.326 e. The molecule has 0 saturated heterocycles. The third kappa shape index (κ3) is 3.88. The van der Waals surface area contributed by atoms with Crippen LogP contribution >= 0.6 is 0 Å². The molecule has 0 bridgehead atoms. The lowest BCUT2D eigenvalue weighted by molar-refractivity contribution is -0.116. The van der Waals surface area contributed by atoms with Crippen LogP contribution in [0.15, 0.2) is 102 Å². The molecule has 1 N–H and O–H groups in total. The maximum Gasteiger partial charge on any atom is 0.274 e. The van der Waals surface area contributed by atoms with Gasteiger partial charge in [0.05, 0.1) is 17.6 Å². The van der Waals surface area contributed by atoms with Gasteiger partial charge < -0.3 is 5.32 Å². The highest BCUT2D eigenvalue weighted by atomic mass is 16.2. The fourth-order valence-electron chi connectivity index (χ4n) is 3.89. The maximum atomic E-state index is 13.0. The van der Waals surface area contributed by atoms with Crippen LogP contribution in [0.2, 0.25) is 0 Å². The fourth-order valence-corrected chi connectivity index (χ4v) is 3.89. The average molecular weight is 419 g/mol. The van der Waals surface area contributed by atoms with Crippen LogP contribution in [0.5, 0.6) is 0 Å². The average Bonchev–Trinajstić information content (AvgIpc) is 2.84. The normalized spacial score (nSPS) is 11.0. The summed E-state index contributed by atoms with van der Waals surface area (Å²) in [6, 6.07) is 31.0. The topological polar surface area (TPSA) is 64.0 Å². The summed E-state index contributed by atoms with van der Waals surface area (Å²) in [7, 11) is 0. The summed E-state index contributed by atoms with van der Waals surface area (Å²) in [5.41, 5.74) is 2.20. The first kappa shape index (κ1) is 19.7. The zero-order valence-electron chi connectivity index (χ0n) is 17.4. The summed E-state index contributed by atoms with van der Waals surface area (Å²) in [5.74, 6) is -0.164. The third-order valence-electron chi connectivity index (χ3n) is 5.50. The summed E-state index contributed by atoms with van der Waals surface area (Å²) in [6.07, 6.45) is 0.145. The van der Waals surface area contributed by atoms with Crippen LogP contribution in [0.25, 0.3) is 32.8 Å². The van der Waals surface area contributed by atoms with Gasteiger partial charge in [-0.25, -0.2) is 4.68 Å². The Labute approximate surface area is 184 Å². The van der Waals surface area contributed by atoms with Crippen LogP contribution in [-0.4, -0.2) is 15.7 Å². The Bertz CT molecular complexity index is 1490. The van der Waals surface area contributed by atoms with E-state index in [0.717, 1.165) is 33.1 Å². The number of anilines is 1. The predicted octanol–water partition coefficient (Wildman–Crippen LogP) is 5.25. The number of benzene rings is 4. The highest BCUT2D eigenvalue weighted by molar-refractivity contribution is 5.95. The number of fused-ring (bicyclic) bond motifs is 2. The van der Waals surface area contributed by atoms with E-state index in [-0.39, 0.29) is 24.4 Å². The number of nitrogens with one attached hydrogen (secondary N) is 1. The molecule has 1 amide bonds. The van der Waals surface area contributed by atoms with Crippen LogP contribution in [0.4, 0.5) is 5.69 Å². The van der Waals surface area contributed by atoms with E-state index in [9.17, 15) is 9.59 Å². The number of rotatable bonds is 5. The first-order valence-electron chi connectivity index (χ1n) is 10.5. The molecule has 0 aliphatic heterocycles. The number of hydrogen-bond donors (Lipinski definition) is 1. The van der Waals surface area contributed by atoms with Gasteiger partial charge in [-0.3, -0.25) is 9.59 Å². The molecule has 0 spiro atoms. The van der Waals surface area contributed by atoms with E-state index in [1.54, 1.807) is 6.07 Å². The second kappa shape index (κ2) is 8.47. The second-order valence-corrected chi connectivity index (χ2v) is 7.65. The highest BCUT2D eigenvalue weighted by Crippen LogP contribution is 2.24. The number of aryl methyl sites for hydroxylation is 1. The molecule has 0 atom stereocenters. The van der Waals surface area contributed by atoms with Crippen LogP contribution in [0.3, 0.4) is 0 Å². The number of carbonyl (C=O) groups excluding carboxylic acids is 1. The Morgan fingerprint density at radius 3 is 2.28 bits per heavy atom. The molecule has 156 valence electrons. The Kier molecular flexibility index (Phi) is 5.22. The zero-order valence-corrected chi connectivity index (χ0v) is 17.4. The first-order chi connectivity index (χ1) is 15.7.